The van der Waals surface area contributed by atoms with Crippen molar-refractivity contribution in [3.05, 3.63) is 74.1 Å². The lowest BCUT2D eigenvalue weighted by atomic mass is 10.1. The molecule has 33 heavy (non-hydrogen) atoms. The van der Waals surface area contributed by atoms with Crippen LogP contribution in [0.5, 0.6) is 5.75 Å². The van der Waals surface area contributed by atoms with Crippen molar-refractivity contribution in [1.82, 2.24) is 0 Å². The predicted molar refractivity (Wildman–Crippen MR) is 117 cm³/mol. The van der Waals surface area contributed by atoms with E-state index in [0.29, 0.717) is 16.6 Å². The fraction of sp³-hybridized carbons (Fsp3) is 0.227. The van der Waals surface area contributed by atoms with Crippen LogP contribution in [0, 0.1) is 10.1 Å². The monoisotopic (exact) mass is 456 g/mol. The first-order valence-corrected chi connectivity index (χ1v) is 9.91. The summed E-state index contributed by atoms with van der Waals surface area (Å²) >= 11 is 0. The van der Waals surface area contributed by atoms with Crippen molar-refractivity contribution in [1.29, 1.82) is 0 Å². The van der Waals surface area contributed by atoms with Crippen LogP contribution in [0.1, 0.15) is 29.8 Å². The minimum atomic E-state index is -0.817. The maximum Gasteiger partial charge on any atom is 0.411 e. The van der Waals surface area contributed by atoms with Gasteiger partial charge in [-0.25, -0.2) is 14.4 Å². The maximum atomic E-state index is 12.5. The summed E-state index contributed by atoms with van der Waals surface area (Å²) in [6.07, 6.45) is -0.659. The standard InChI is InChI=1S/C22H20N2O9/c1-3-30-18-8-5-13(9-17(18)24(28)29)21(26)32-12-14-10-20(25)33-19-11-15(6-7-16(14)19)23-22(27)31-4-2/h5-11H,3-4,12H2,1-2H3,(H,23,27). The van der Waals surface area contributed by atoms with E-state index in [2.05, 4.69) is 5.32 Å². The van der Waals surface area contributed by atoms with Crippen LogP contribution < -0.4 is 15.7 Å². The smallest absolute Gasteiger partial charge is 0.411 e. The van der Waals surface area contributed by atoms with E-state index in [1.807, 2.05) is 0 Å². The zero-order chi connectivity index (χ0) is 24.0. The van der Waals surface area contributed by atoms with Crippen LogP contribution in [-0.4, -0.2) is 30.2 Å². The van der Waals surface area contributed by atoms with Crippen molar-refractivity contribution in [2.75, 3.05) is 18.5 Å². The topological polar surface area (TPSA) is 147 Å². The molecule has 172 valence electrons. The number of hydrogen-bond donors (Lipinski definition) is 1. The second-order valence-electron chi connectivity index (χ2n) is 6.60. The van der Waals surface area contributed by atoms with Gasteiger partial charge in [0.1, 0.15) is 12.2 Å². The van der Waals surface area contributed by atoms with Gasteiger partial charge in [-0.15, -0.1) is 0 Å². The number of hydrogen-bond acceptors (Lipinski definition) is 9. The molecular weight excluding hydrogens is 436 g/mol. The van der Waals surface area contributed by atoms with Crippen molar-refractivity contribution in [2.45, 2.75) is 20.5 Å². The number of nitro groups is 1. The number of carbonyl (C=O) groups excluding carboxylic acids is 2. The molecule has 0 spiro atoms. The number of nitrogens with zero attached hydrogens (tertiary/aromatic N) is 1. The van der Waals surface area contributed by atoms with Gasteiger partial charge in [-0.05, 0) is 38.1 Å². The number of fused-ring (bicyclic) bond motifs is 1. The minimum Gasteiger partial charge on any atom is -0.487 e. The van der Waals surface area contributed by atoms with Crippen molar-refractivity contribution >= 4 is 34.4 Å². The van der Waals surface area contributed by atoms with Gasteiger partial charge in [-0.2, -0.15) is 0 Å². The van der Waals surface area contributed by atoms with Gasteiger partial charge in [0.25, 0.3) is 0 Å². The molecule has 3 rings (SSSR count). The Labute approximate surface area is 187 Å². The summed E-state index contributed by atoms with van der Waals surface area (Å²) in [7, 11) is 0. The Hall–Kier alpha value is -4.41. The van der Waals surface area contributed by atoms with Gasteiger partial charge in [-0.3, -0.25) is 15.4 Å². The van der Waals surface area contributed by atoms with Crippen LogP contribution in [0.25, 0.3) is 11.0 Å². The summed E-state index contributed by atoms with van der Waals surface area (Å²) in [6.45, 7) is 3.49. The summed E-state index contributed by atoms with van der Waals surface area (Å²) in [5, 5.41) is 14.2. The molecule has 0 bridgehead atoms. The number of rotatable bonds is 8. The Kier molecular flexibility index (Phi) is 7.24. The Morgan fingerprint density at radius 2 is 1.85 bits per heavy atom. The summed E-state index contributed by atoms with van der Waals surface area (Å²) < 4.78 is 20.4. The van der Waals surface area contributed by atoms with Crippen LogP contribution in [0.2, 0.25) is 0 Å². The zero-order valence-corrected chi connectivity index (χ0v) is 17.8. The first-order chi connectivity index (χ1) is 15.8. The van der Waals surface area contributed by atoms with E-state index in [0.717, 1.165) is 6.07 Å². The lowest BCUT2D eigenvalue weighted by Gasteiger charge is -2.10. The van der Waals surface area contributed by atoms with E-state index in [1.54, 1.807) is 26.0 Å². The molecule has 0 radical (unpaired) electrons. The third kappa shape index (κ3) is 5.64. The SMILES string of the molecule is CCOC(=O)Nc1ccc2c(COC(=O)c3ccc(OCC)c([N+](=O)[O-])c3)cc(=O)oc2c1. The molecule has 1 N–H and O–H groups in total. The molecule has 11 nitrogen and oxygen atoms in total. The zero-order valence-electron chi connectivity index (χ0n) is 17.8. The molecule has 0 saturated heterocycles. The number of nitro benzene ring substituents is 1. The molecule has 1 aromatic heterocycles. The lowest BCUT2D eigenvalue weighted by Crippen LogP contribution is -2.13. The maximum absolute atomic E-state index is 12.5. The Morgan fingerprint density at radius 1 is 1.06 bits per heavy atom. The number of ether oxygens (including phenoxy) is 3. The van der Waals surface area contributed by atoms with Gasteiger partial charge in [0.05, 0.1) is 23.7 Å². The van der Waals surface area contributed by atoms with E-state index in [4.69, 9.17) is 18.6 Å². The molecule has 0 aliphatic carbocycles. The third-order valence-electron chi connectivity index (χ3n) is 4.40. The predicted octanol–water partition coefficient (Wildman–Crippen LogP) is 4.03. The molecular formula is C22H20N2O9. The quantitative estimate of drug-likeness (QED) is 0.230. The van der Waals surface area contributed by atoms with Gasteiger partial charge < -0.3 is 18.6 Å². The van der Waals surface area contributed by atoms with Crippen molar-refractivity contribution in [3.8, 4) is 5.75 Å². The summed E-state index contributed by atoms with van der Waals surface area (Å²) in [5.74, 6) is -0.777. The Morgan fingerprint density at radius 3 is 2.55 bits per heavy atom. The van der Waals surface area contributed by atoms with Gasteiger partial charge in [0.2, 0.25) is 0 Å². The largest absolute Gasteiger partial charge is 0.487 e. The van der Waals surface area contributed by atoms with Gasteiger partial charge in [0, 0.05) is 34.8 Å². The molecule has 0 unspecified atom stereocenters. The average Bonchev–Trinajstić information content (AvgIpc) is 2.77. The van der Waals surface area contributed by atoms with Crippen molar-refractivity contribution in [3.63, 3.8) is 0 Å². The van der Waals surface area contributed by atoms with Crippen molar-refractivity contribution in [2.24, 2.45) is 0 Å². The van der Waals surface area contributed by atoms with Gasteiger partial charge >= 0.3 is 23.4 Å². The third-order valence-corrected chi connectivity index (χ3v) is 4.40. The fourth-order valence-corrected chi connectivity index (χ4v) is 3.00. The number of nitrogens with one attached hydrogen (secondary N) is 1. The number of amides is 1. The van der Waals surface area contributed by atoms with Crippen LogP contribution in [0.3, 0.4) is 0 Å². The molecule has 0 fully saturated rings. The number of carbonyl (C=O) groups is 2. The van der Waals surface area contributed by atoms with Gasteiger partial charge in [-0.1, -0.05) is 0 Å². The number of esters is 1. The Bertz CT molecular complexity index is 1270. The highest BCUT2D eigenvalue weighted by Crippen LogP contribution is 2.28. The Balaban J connectivity index is 1.81. The number of benzene rings is 2. The highest BCUT2D eigenvalue weighted by atomic mass is 16.6. The first kappa shape index (κ1) is 23.3. The summed E-state index contributed by atoms with van der Waals surface area (Å²) in [5.41, 5.74) is -0.215. The molecule has 3 aromatic rings. The molecule has 0 saturated carbocycles. The van der Waals surface area contributed by atoms with Crippen LogP contribution in [0.4, 0.5) is 16.2 Å². The molecule has 0 atom stereocenters. The average molecular weight is 456 g/mol. The lowest BCUT2D eigenvalue weighted by molar-refractivity contribution is -0.385. The summed E-state index contributed by atoms with van der Waals surface area (Å²) in [4.78, 5) is 46.6. The molecule has 1 heterocycles. The van der Waals surface area contributed by atoms with E-state index in [1.165, 1.54) is 24.3 Å². The van der Waals surface area contributed by atoms with E-state index in [9.17, 15) is 24.5 Å². The van der Waals surface area contributed by atoms with Gasteiger partial charge in [0.15, 0.2) is 5.75 Å². The molecule has 0 aliphatic rings. The molecule has 0 aliphatic heterocycles. The molecule has 1 amide bonds. The molecule has 11 heteroatoms. The fourth-order valence-electron chi connectivity index (χ4n) is 3.00. The van der Waals surface area contributed by atoms with Crippen LogP contribution in [0.15, 0.2) is 51.7 Å². The summed E-state index contributed by atoms with van der Waals surface area (Å²) in [6, 6.07) is 9.51. The van der Waals surface area contributed by atoms with Crippen LogP contribution >= 0.6 is 0 Å². The normalized spacial score (nSPS) is 10.5. The highest BCUT2D eigenvalue weighted by Gasteiger charge is 2.20. The minimum absolute atomic E-state index is 0.0398. The number of anilines is 1. The van der Waals surface area contributed by atoms with Crippen molar-refractivity contribution < 1.29 is 33.1 Å². The molecule has 2 aromatic carbocycles. The highest BCUT2D eigenvalue weighted by molar-refractivity contribution is 5.92. The van der Waals surface area contributed by atoms with E-state index in [-0.39, 0.29) is 42.4 Å². The van der Waals surface area contributed by atoms with Crippen LogP contribution in [-0.2, 0) is 16.1 Å². The first-order valence-electron chi connectivity index (χ1n) is 9.91. The second kappa shape index (κ2) is 10.3. The second-order valence-corrected chi connectivity index (χ2v) is 6.60. The van der Waals surface area contributed by atoms with E-state index >= 15 is 0 Å². The van der Waals surface area contributed by atoms with E-state index < -0.39 is 22.6 Å².